The number of carboxylic acid groups (broad SMARTS) is 1. The van der Waals surface area contributed by atoms with Gasteiger partial charge in [-0.1, -0.05) is 107 Å². The lowest BCUT2D eigenvalue weighted by Crippen LogP contribution is -2.28. The number of esters is 1. The van der Waals surface area contributed by atoms with Gasteiger partial charge in [0.2, 0.25) is 5.91 Å². The Morgan fingerprint density at radius 1 is 0.667 bits per heavy atom. The predicted molar refractivity (Wildman–Crippen MR) is 175 cm³/mol. The molecule has 1 atom stereocenters. The number of amides is 1. The van der Waals surface area contributed by atoms with E-state index in [-0.39, 0.29) is 24.5 Å². The Morgan fingerprint density at radius 2 is 1.24 bits per heavy atom. The summed E-state index contributed by atoms with van der Waals surface area (Å²) in [6, 6.07) is 0. The summed E-state index contributed by atoms with van der Waals surface area (Å²) in [6.45, 7) is 3.97. The Kier molecular flexibility index (Phi) is 28.9. The Labute approximate surface area is 256 Å². The summed E-state index contributed by atoms with van der Waals surface area (Å²) in [4.78, 5) is 34.6. The maximum absolute atomic E-state index is 12.5. The van der Waals surface area contributed by atoms with Gasteiger partial charge in [-0.3, -0.25) is 14.4 Å². The van der Waals surface area contributed by atoms with Crippen LogP contribution < -0.4 is 5.32 Å². The normalized spacial score (nSPS) is 12.8. The topological polar surface area (TPSA) is 92.7 Å². The van der Waals surface area contributed by atoms with Gasteiger partial charge >= 0.3 is 11.9 Å². The summed E-state index contributed by atoms with van der Waals surface area (Å²) >= 11 is 0. The molecule has 0 spiro atoms. The van der Waals surface area contributed by atoms with Gasteiger partial charge in [0.15, 0.2) is 0 Å². The maximum atomic E-state index is 12.5. The van der Waals surface area contributed by atoms with E-state index in [2.05, 4.69) is 73.8 Å². The smallest absolute Gasteiger partial charge is 0.322 e. The standard InChI is InChI=1S/C36H59NO5/c1-3-5-7-9-11-12-13-14-15-16-17-18-19-21-27-31-36(41)42-33(28-24-20-10-8-6-4-2)29-25-22-23-26-30-34(38)37-32-35(39)40/h5,7-8,10-12,14-15,24,28,33H,3-4,6,9,13,16-23,25-27,29-32H2,1-2H3,(H,37,38)(H,39,40)/b7-5-,10-8-,12-11-,15-14-,28-24-. The highest BCUT2D eigenvalue weighted by Crippen LogP contribution is 2.14. The van der Waals surface area contributed by atoms with Gasteiger partial charge in [-0.2, -0.15) is 0 Å². The number of carboxylic acids is 1. The Hall–Kier alpha value is -2.89. The third kappa shape index (κ3) is 30.1. The molecule has 0 aromatic heterocycles. The summed E-state index contributed by atoms with van der Waals surface area (Å²) < 4.78 is 5.81. The van der Waals surface area contributed by atoms with E-state index in [1.54, 1.807) is 0 Å². The molecule has 0 saturated heterocycles. The number of unbranched alkanes of at least 4 members (excludes halogenated alkanes) is 9. The lowest BCUT2D eigenvalue weighted by Gasteiger charge is -2.14. The lowest BCUT2D eigenvalue weighted by atomic mass is 10.1. The number of carbonyl (C=O) groups excluding carboxylic acids is 2. The second kappa shape index (κ2) is 31.1. The van der Waals surface area contributed by atoms with Crippen LogP contribution in [0.15, 0.2) is 60.8 Å². The third-order valence-electron chi connectivity index (χ3n) is 6.64. The average Bonchev–Trinajstić information content (AvgIpc) is 2.97. The second-order valence-corrected chi connectivity index (χ2v) is 10.7. The van der Waals surface area contributed by atoms with Crippen molar-refractivity contribution in [3.8, 4) is 0 Å². The molecule has 0 aromatic rings. The van der Waals surface area contributed by atoms with Crippen LogP contribution >= 0.6 is 0 Å². The van der Waals surface area contributed by atoms with Crippen LogP contribution in [0.3, 0.4) is 0 Å². The van der Waals surface area contributed by atoms with Gasteiger partial charge in [0, 0.05) is 12.8 Å². The predicted octanol–water partition coefficient (Wildman–Crippen LogP) is 9.33. The monoisotopic (exact) mass is 585 g/mol. The van der Waals surface area contributed by atoms with Gasteiger partial charge in [-0.05, 0) is 76.7 Å². The van der Waals surface area contributed by atoms with Crippen LogP contribution in [0.25, 0.3) is 0 Å². The van der Waals surface area contributed by atoms with Crippen molar-refractivity contribution in [2.75, 3.05) is 6.54 Å². The second-order valence-electron chi connectivity index (χ2n) is 10.7. The highest BCUT2D eigenvalue weighted by molar-refractivity contribution is 5.80. The van der Waals surface area contributed by atoms with Crippen LogP contribution in [0.2, 0.25) is 0 Å². The first-order chi connectivity index (χ1) is 20.5. The Bertz CT molecular complexity index is 825. The molecule has 0 saturated carbocycles. The fraction of sp³-hybridized carbons (Fsp3) is 0.639. The Morgan fingerprint density at radius 3 is 1.93 bits per heavy atom. The van der Waals surface area contributed by atoms with E-state index in [9.17, 15) is 14.4 Å². The molecule has 0 aliphatic heterocycles. The number of nitrogens with one attached hydrogen (secondary N) is 1. The van der Waals surface area contributed by atoms with Crippen molar-refractivity contribution in [2.45, 2.75) is 142 Å². The Balaban J connectivity index is 4.16. The van der Waals surface area contributed by atoms with E-state index in [1.165, 1.54) is 12.8 Å². The fourth-order valence-electron chi connectivity index (χ4n) is 4.25. The molecule has 0 fully saturated rings. The van der Waals surface area contributed by atoms with Gasteiger partial charge in [0.1, 0.15) is 12.6 Å². The van der Waals surface area contributed by atoms with Crippen molar-refractivity contribution in [3.05, 3.63) is 60.8 Å². The molecular weight excluding hydrogens is 526 g/mol. The van der Waals surface area contributed by atoms with Gasteiger partial charge in [-0.25, -0.2) is 0 Å². The van der Waals surface area contributed by atoms with Gasteiger partial charge < -0.3 is 15.2 Å². The largest absolute Gasteiger partial charge is 0.480 e. The molecule has 1 amide bonds. The summed E-state index contributed by atoms with van der Waals surface area (Å²) in [5.41, 5.74) is 0. The SMILES string of the molecule is CC/C=C\C/C=C\C/C=C\CCCCCCCC(=O)OC(/C=C\C/C=C\CCC)CCCCCCC(=O)NCC(=O)O. The van der Waals surface area contributed by atoms with Gasteiger partial charge in [0.25, 0.3) is 0 Å². The first kappa shape index (κ1) is 39.1. The van der Waals surface area contributed by atoms with E-state index < -0.39 is 5.97 Å². The third-order valence-corrected chi connectivity index (χ3v) is 6.64. The fourth-order valence-corrected chi connectivity index (χ4v) is 4.25. The molecule has 238 valence electrons. The number of hydrogen-bond donors (Lipinski definition) is 2. The first-order valence-corrected chi connectivity index (χ1v) is 16.4. The quantitative estimate of drug-likeness (QED) is 0.0542. The zero-order chi connectivity index (χ0) is 30.9. The van der Waals surface area contributed by atoms with E-state index in [0.717, 1.165) is 96.3 Å². The summed E-state index contributed by atoms with van der Waals surface area (Å²) in [6.07, 6.45) is 39.3. The molecule has 0 aliphatic rings. The number of aliphatic carboxylic acids is 1. The molecule has 0 aliphatic carbocycles. The molecule has 6 heteroatoms. The molecule has 0 bridgehead atoms. The van der Waals surface area contributed by atoms with Crippen molar-refractivity contribution < 1.29 is 24.2 Å². The highest BCUT2D eigenvalue weighted by atomic mass is 16.5. The van der Waals surface area contributed by atoms with Crippen molar-refractivity contribution >= 4 is 17.8 Å². The number of hydrogen-bond acceptors (Lipinski definition) is 4. The molecule has 2 N–H and O–H groups in total. The van der Waals surface area contributed by atoms with Gasteiger partial charge in [-0.15, -0.1) is 0 Å². The lowest BCUT2D eigenvalue weighted by molar-refractivity contribution is -0.147. The van der Waals surface area contributed by atoms with Crippen LogP contribution in [0.1, 0.15) is 136 Å². The van der Waals surface area contributed by atoms with Crippen molar-refractivity contribution in [3.63, 3.8) is 0 Å². The summed E-state index contributed by atoms with van der Waals surface area (Å²) in [5, 5.41) is 11.0. The molecule has 0 heterocycles. The minimum absolute atomic E-state index is 0.123. The van der Waals surface area contributed by atoms with E-state index in [0.29, 0.717) is 12.8 Å². The van der Waals surface area contributed by atoms with Gasteiger partial charge in [0.05, 0.1) is 0 Å². The maximum Gasteiger partial charge on any atom is 0.322 e. The minimum Gasteiger partial charge on any atom is -0.480 e. The summed E-state index contributed by atoms with van der Waals surface area (Å²) in [7, 11) is 0. The van der Waals surface area contributed by atoms with Crippen LogP contribution in [-0.2, 0) is 19.1 Å². The van der Waals surface area contributed by atoms with E-state index in [1.807, 2.05) is 6.08 Å². The van der Waals surface area contributed by atoms with Crippen molar-refractivity contribution in [2.24, 2.45) is 0 Å². The van der Waals surface area contributed by atoms with E-state index in [4.69, 9.17) is 9.84 Å². The number of ether oxygens (including phenoxy) is 1. The highest BCUT2D eigenvalue weighted by Gasteiger charge is 2.11. The molecule has 42 heavy (non-hydrogen) atoms. The van der Waals surface area contributed by atoms with Crippen molar-refractivity contribution in [1.29, 1.82) is 0 Å². The van der Waals surface area contributed by atoms with Crippen LogP contribution in [0, 0.1) is 0 Å². The molecule has 6 nitrogen and oxygen atoms in total. The molecule has 0 aromatic carbocycles. The molecular formula is C36H59NO5. The van der Waals surface area contributed by atoms with Crippen molar-refractivity contribution in [1.82, 2.24) is 5.32 Å². The molecule has 1 unspecified atom stereocenters. The van der Waals surface area contributed by atoms with E-state index >= 15 is 0 Å². The number of carbonyl (C=O) groups is 3. The first-order valence-electron chi connectivity index (χ1n) is 16.4. The number of allylic oxidation sites excluding steroid dienone is 9. The number of rotatable bonds is 28. The van der Waals surface area contributed by atoms with Crippen LogP contribution in [0.5, 0.6) is 0 Å². The summed E-state index contributed by atoms with van der Waals surface area (Å²) in [5.74, 6) is -1.39. The average molecular weight is 586 g/mol. The zero-order valence-corrected chi connectivity index (χ0v) is 26.6. The zero-order valence-electron chi connectivity index (χ0n) is 26.6. The minimum atomic E-state index is -1.04. The van der Waals surface area contributed by atoms with Crippen LogP contribution in [0.4, 0.5) is 0 Å². The molecule has 0 radical (unpaired) electrons. The molecule has 0 rings (SSSR count). The van der Waals surface area contributed by atoms with Crippen LogP contribution in [-0.4, -0.2) is 35.6 Å².